The van der Waals surface area contributed by atoms with Crippen molar-refractivity contribution in [1.82, 2.24) is 4.57 Å². The number of furan rings is 1. The zero-order valence-corrected chi connectivity index (χ0v) is 30.2. The van der Waals surface area contributed by atoms with Gasteiger partial charge in [-0.05, 0) is 94.2 Å². The lowest BCUT2D eigenvalue weighted by Crippen LogP contribution is -2.13. The van der Waals surface area contributed by atoms with E-state index in [2.05, 4.69) is 173 Å². The predicted molar refractivity (Wildman–Crippen MR) is 231 cm³/mol. The Kier molecular flexibility index (Phi) is 7.36. The zero-order chi connectivity index (χ0) is 37.2. The van der Waals surface area contributed by atoms with E-state index in [1.165, 1.54) is 11.5 Å². The minimum Gasteiger partial charge on any atom is -0.456 e. The molecular formula is C52H33FN2O. The predicted octanol–water partition coefficient (Wildman–Crippen LogP) is 14.8. The molecule has 3 nitrogen and oxygen atoms in total. The molecule has 11 aromatic rings. The van der Waals surface area contributed by atoms with Gasteiger partial charge >= 0.3 is 0 Å². The van der Waals surface area contributed by atoms with Gasteiger partial charge in [-0.15, -0.1) is 0 Å². The van der Waals surface area contributed by atoms with E-state index in [-0.39, 0.29) is 5.82 Å². The zero-order valence-electron chi connectivity index (χ0n) is 30.2. The fraction of sp³-hybridized carbons (Fsp3) is 0. The summed E-state index contributed by atoms with van der Waals surface area (Å²) in [4.78, 5) is 2.40. The Labute approximate surface area is 322 Å². The number of aromatic nitrogens is 1. The van der Waals surface area contributed by atoms with Crippen LogP contribution >= 0.6 is 0 Å². The molecular weight excluding hydrogens is 688 g/mol. The first-order valence-corrected chi connectivity index (χ1v) is 18.9. The molecule has 0 N–H and O–H groups in total. The highest BCUT2D eigenvalue weighted by molar-refractivity contribution is 6.16. The summed E-state index contributed by atoms with van der Waals surface area (Å²) in [6.45, 7) is 0. The minimum absolute atomic E-state index is 0.257. The smallest absolute Gasteiger partial charge is 0.135 e. The summed E-state index contributed by atoms with van der Waals surface area (Å²) in [6.07, 6.45) is 0. The van der Waals surface area contributed by atoms with Gasteiger partial charge in [0.05, 0.1) is 22.4 Å². The second kappa shape index (κ2) is 12.9. The Morgan fingerprint density at radius 1 is 0.446 bits per heavy atom. The first-order valence-electron chi connectivity index (χ1n) is 18.9. The molecule has 0 unspecified atom stereocenters. The Balaban J connectivity index is 1.25. The fourth-order valence-electron chi connectivity index (χ4n) is 8.65. The summed E-state index contributed by atoms with van der Waals surface area (Å²) >= 11 is 0. The average Bonchev–Trinajstić information content (AvgIpc) is 3.80. The Morgan fingerprint density at radius 3 is 1.98 bits per heavy atom. The topological polar surface area (TPSA) is 21.3 Å². The number of para-hydroxylation sites is 5. The molecule has 4 heteroatoms. The number of hydrogen-bond acceptors (Lipinski definition) is 2. The molecule has 0 saturated carbocycles. The van der Waals surface area contributed by atoms with Crippen molar-refractivity contribution in [2.75, 3.05) is 4.90 Å². The molecule has 0 aliphatic rings. The van der Waals surface area contributed by atoms with Gasteiger partial charge in [0, 0.05) is 38.5 Å². The van der Waals surface area contributed by atoms with E-state index in [1.807, 2.05) is 18.2 Å². The maximum Gasteiger partial charge on any atom is 0.135 e. The van der Waals surface area contributed by atoms with Crippen molar-refractivity contribution in [1.29, 1.82) is 0 Å². The summed E-state index contributed by atoms with van der Waals surface area (Å²) in [5.74, 6) is -0.257. The van der Waals surface area contributed by atoms with E-state index in [1.54, 1.807) is 12.1 Å². The van der Waals surface area contributed by atoms with Crippen LogP contribution in [0.5, 0.6) is 0 Å². The van der Waals surface area contributed by atoms with Crippen LogP contribution in [0.2, 0.25) is 0 Å². The lowest BCUT2D eigenvalue weighted by Gasteiger charge is -2.29. The first-order chi connectivity index (χ1) is 27.7. The number of hydrogen-bond donors (Lipinski definition) is 0. The molecule has 0 radical (unpaired) electrons. The maximum absolute atomic E-state index is 14.8. The number of halogens is 1. The summed E-state index contributed by atoms with van der Waals surface area (Å²) in [5, 5.41) is 6.63. The monoisotopic (exact) mass is 720 g/mol. The quantitative estimate of drug-likeness (QED) is 0.171. The molecule has 0 fully saturated rings. The van der Waals surface area contributed by atoms with Gasteiger partial charge < -0.3 is 13.9 Å². The van der Waals surface area contributed by atoms with Crippen LogP contribution in [0.25, 0.3) is 82.5 Å². The van der Waals surface area contributed by atoms with Gasteiger partial charge in [0.1, 0.15) is 17.0 Å². The first kappa shape index (κ1) is 32.0. The molecule has 264 valence electrons. The lowest BCUT2D eigenvalue weighted by molar-refractivity contribution is 0.628. The van der Waals surface area contributed by atoms with Gasteiger partial charge in [0.2, 0.25) is 0 Å². The Bertz CT molecular complexity index is 3280. The van der Waals surface area contributed by atoms with E-state index < -0.39 is 0 Å². The fourth-order valence-corrected chi connectivity index (χ4v) is 8.65. The van der Waals surface area contributed by atoms with Gasteiger partial charge in [-0.3, -0.25) is 0 Å². The summed E-state index contributed by atoms with van der Waals surface area (Å²) < 4.78 is 23.5. The van der Waals surface area contributed by atoms with Crippen LogP contribution in [-0.2, 0) is 0 Å². The van der Waals surface area contributed by atoms with Crippen molar-refractivity contribution in [3.05, 3.63) is 206 Å². The molecule has 2 aromatic heterocycles. The SMILES string of the molecule is Fc1cccc(-c2cccc3cccc(-c4ccccc4N(c4ccc5oc6ccccc6c5c4)c4cccc5c6ccccc6n(-c6ccccc6)c45)c23)c1. The molecule has 0 amide bonds. The number of rotatable bonds is 6. The van der Waals surface area contributed by atoms with Crippen molar-refractivity contribution >= 4 is 71.6 Å². The number of anilines is 3. The molecule has 0 bridgehead atoms. The van der Waals surface area contributed by atoms with Crippen molar-refractivity contribution in [2.45, 2.75) is 0 Å². The summed E-state index contributed by atoms with van der Waals surface area (Å²) in [7, 11) is 0. The maximum atomic E-state index is 14.8. The van der Waals surface area contributed by atoms with Gasteiger partial charge in [-0.2, -0.15) is 0 Å². The second-order valence-electron chi connectivity index (χ2n) is 14.2. The number of fused-ring (bicyclic) bond motifs is 7. The minimum atomic E-state index is -0.257. The van der Waals surface area contributed by atoms with Gasteiger partial charge in [-0.25, -0.2) is 4.39 Å². The molecule has 56 heavy (non-hydrogen) atoms. The van der Waals surface area contributed by atoms with Gasteiger partial charge in [0.15, 0.2) is 0 Å². The number of nitrogens with zero attached hydrogens (tertiary/aromatic N) is 2. The summed E-state index contributed by atoms with van der Waals surface area (Å²) in [6, 6.07) is 68.9. The summed E-state index contributed by atoms with van der Waals surface area (Å²) in [5.41, 5.74) is 12.0. The van der Waals surface area contributed by atoms with Gasteiger partial charge in [0.25, 0.3) is 0 Å². The largest absolute Gasteiger partial charge is 0.456 e. The number of benzene rings is 9. The van der Waals surface area contributed by atoms with E-state index in [0.29, 0.717) is 0 Å². The van der Waals surface area contributed by atoms with Crippen LogP contribution in [0.15, 0.2) is 205 Å². The third-order valence-corrected chi connectivity index (χ3v) is 11.0. The van der Waals surface area contributed by atoms with Crippen molar-refractivity contribution in [3.63, 3.8) is 0 Å². The average molecular weight is 721 g/mol. The van der Waals surface area contributed by atoms with Crippen molar-refractivity contribution in [3.8, 4) is 27.9 Å². The molecule has 11 rings (SSSR count). The highest BCUT2D eigenvalue weighted by Crippen LogP contribution is 2.48. The van der Waals surface area contributed by atoms with Crippen molar-refractivity contribution in [2.24, 2.45) is 0 Å². The highest BCUT2D eigenvalue weighted by atomic mass is 19.1. The Hall–Kier alpha value is -7.43. The van der Waals surface area contributed by atoms with Crippen LogP contribution in [0, 0.1) is 5.82 Å². The normalized spacial score (nSPS) is 11.7. The molecule has 0 aliphatic heterocycles. The van der Waals surface area contributed by atoms with Crippen molar-refractivity contribution < 1.29 is 8.81 Å². The Morgan fingerprint density at radius 2 is 1.11 bits per heavy atom. The lowest BCUT2D eigenvalue weighted by atomic mass is 9.90. The third-order valence-electron chi connectivity index (χ3n) is 11.0. The van der Waals surface area contributed by atoms with Crippen LogP contribution in [-0.4, -0.2) is 4.57 Å². The molecule has 2 heterocycles. The second-order valence-corrected chi connectivity index (χ2v) is 14.2. The highest BCUT2D eigenvalue weighted by Gasteiger charge is 2.25. The molecule has 0 aliphatic carbocycles. The molecule has 0 spiro atoms. The molecule has 9 aromatic carbocycles. The van der Waals surface area contributed by atoms with Gasteiger partial charge in [-0.1, -0.05) is 133 Å². The van der Waals surface area contributed by atoms with Crippen LogP contribution in [0.3, 0.4) is 0 Å². The molecule has 0 atom stereocenters. The van der Waals surface area contributed by atoms with E-state index >= 15 is 0 Å². The van der Waals surface area contributed by atoms with E-state index in [9.17, 15) is 4.39 Å². The van der Waals surface area contributed by atoms with E-state index in [0.717, 1.165) is 94.1 Å². The van der Waals surface area contributed by atoms with Crippen LogP contribution < -0.4 is 4.90 Å². The standard InChI is InChI=1S/C52H33FN2O/c53-36-17-10-16-35(32-36)39-23-11-14-34-15-12-24-43(51(34)39)40-20-4-7-26-46(40)54(38-30-31-50-45(33-38)42-22-6-9-29-49(42)56-50)48-28-13-25-44-41-21-5-8-27-47(41)55(52(44)48)37-18-2-1-3-19-37/h1-33H. The molecule has 0 saturated heterocycles. The van der Waals surface area contributed by atoms with Crippen LogP contribution in [0.4, 0.5) is 21.5 Å². The van der Waals surface area contributed by atoms with E-state index in [4.69, 9.17) is 4.42 Å². The third kappa shape index (κ3) is 5.04. The van der Waals surface area contributed by atoms with Crippen LogP contribution in [0.1, 0.15) is 0 Å².